The van der Waals surface area contributed by atoms with Gasteiger partial charge < -0.3 is 4.42 Å². The highest BCUT2D eigenvalue weighted by Crippen LogP contribution is 2.37. The molecule has 7 heteroatoms. The average molecular weight is 367 g/mol. The van der Waals surface area contributed by atoms with Crippen molar-refractivity contribution in [3.05, 3.63) is 70.5 Å². The maximum atomic E-state index is 12.9. The fraction of sp³-hybridized carbons (Fsp3) is 0.0556. The largest absolute Gasteiger partial charge is 0.465 e. The first-order valence-corrected chi connectivity index (χ1v) is 9.24. The number of amidine groups is 1. The number of furan rings is 1. The van der Waals surface area contributed by atoms with Crippen LogP contribution in [0, 0.1) is 6.92 Å². The Morgan fingerprint density at radius 3 is 2.72 bits per heavy atom. The minimum atomic E-state index is -0.125. The van der Waals surface area contributed by atoms with Crippen LogP contribution in [-0.2, 0) is 4.79 Å². The van der Waals surface area contributed by atoms with Crippen molar-refractivity contribution in [2.24, 2.45) is 4.99 Å². The Hall–Kier alpha value is -2.64. The van der Waals surface area contributed by atoms with E-state index in [9.17, 15) is 4.79 Å². The van der Waals surface area contributed by atoms with Crippen LogP contribution >= 0.6 is 23.1 Å². The molecular weight excluding hydrogens is 354 g/mol. The molecule has 0 bridgehead atoms. The Morgan fingerprint density at radius 2 is 2.04 bits per heavy atom. The fourth-order valence-corrected chi connectivity index (χ4v) is 4.02. The Morgan fingerprint density at radius 1 is 1.20 bits per heavy atom. The molecule has 1 aliphatic heterocycles. The number of carbonyl (C=O) groups excluding carboxylic acids is 1. The normalized spacial score (nSPS) is 17.8. The van der Waals surface area contributed by atoms with E-state index in [-0.39, 0.29) is 5.91 Å². The molecule has 25 heavy (non-hydrogen) atoms. The number of aryl methyl sites for hydroxylation is 1. The van der Waals surface area contributed by atoms with Gasteiger partial charge in [0.2, 0.25) is 5.13 Å². The van der Waals surface area contributed by atoms with Crippen LogP contribution in [-0.4, -0.2) is 16.1 Å². The molecule has 0 aliphatic carbocycles. The predicted octanol–water partition coefficient (Wildman–Crippen LogP) is 4.85. The molecule has 1 aromatic carbocycles. The number of hydrogen-bond acceptors (Lipinski definition) is 6. The maximum absolute atomic E-state index is 12.9. The van der Waals surface area contributed by atoms with Gasteiger partial charge in [0.25, 0.3) is 5.91 Å². The van der Waals surface area contributed by atoms with Gasteiger partial charge in [0.1, 0.15) is 5.76 Å². The zero-order valence-electron chi connectivity index (χ0n) is 13.2. The lowest BCUT2D eigenvalue weighted by Gasteiger charge is -2.14. The molecule has 3 aromatic rings. The first-order valence-electron chi connectivity index (χ1n) is 7.54. The van der Waals surface area contributed by atoms with Crippen LogP contribution in [0.1, 0.15) is 11.5 Å². The Labute approximate surface area is 152 Å². The van der Waals surface area contributed by atoms with Gasteiger partial charge in [0, 0.05) is 11.5 Å². The third-order valence-electron chi connectivity index (χ3n) is 3.44. The summed E-state index contributed by atoms with van der Waals surface area (Å²) in [6.07, 6.45) is 3.32. The van der Waals surface area contributed by atoms with Gasteiger partial charge in [0.05, 0.1) is 22.5 Å². The zero-order chi connectivity index (χ0) is 17.2. The van der Waals surface area contributed by atoms with Gasteiger partial charge in [-0.15, -0.1) is 11.3 Å². The van der Waals surface area contributed by atoms with Crippen LogP contribution in [0.5, 0.6) is 0 Å². The van der Waals surface area contributed by atoms with Gasteiger partial charge >= 0.3 is 0 Å². The zero-order valence-corrected chi connectivity index (χ0v) is 14.9. The van der Waals surface area contributed by atoms with Gasteiger partial charge in [-0.3, -0.25) is 9.69 Å². The summed E-state index contributed by atoms with van der Waals surface area (Å²) in [5, 5.41) is 3.16. The number of hydrogen-bond donors (Lipinski definition) is 0. The van der Waals surface area contributed by atoms with Gasteiger partial charge in [-0.05, 0) is 43.0 Å². The summed E-state index contributed by atoms with van der Waals surface area (Å²) < 4.78 is 5.33. The lowest BCUT2D eigenvalue weighted by Crippen LogP contribution is -2.28. The molecule has 5 nitrogen and oxygen atoms in total. The SMILES string of the molecule is Cc1csc(/N=C2/S/C(=C/c3ccco3)C(=O)N2c2ccccc2)n1. The second-order valence-electron chi connectivity index (χ2n) is 5.27. The Bertz CT molecular complexity index is 959. The second kappa shape index (κ2) is 6.70. The lowest BCUT2D eigenvalue weighted by atomic mass is 10.3. The van der Waals surface area contributed by atoms with Crippen LogP contribution in [0.4, 0.5) is 10.8 Å². The maximum Gasteiger partial charge on any atom is 0.271 e. The summed E-state index contributed by atoms with van der Waals surface area (Å²) in [5.41, 5.74) is 1.69. The van der Waals surface area contributed by atoms with Crippen LogP contribution in [0.25, 0.3) is 6.08 Å². The number of anilines is 1. The van der Waals surface area contributed by atoms with Crippen molar-refractivity contribution in [2.45, 2.75) is 6.92 Å². The molecule has 2 aromatic heterocycles. The van der Waals surface area contributed by atoms with E-state index in [1.54, 1.807) is 23.3 Å². The molecule has 1 saturated heterocycles. The van der Waals surface area contributed by atoms with Crippen molar-refractivity contribution in [3.8, 4) is 0 Å². The molecule has 0 unspecified atom stereocenters. The highest BCUT2D eigenvalue weighted by Gasteiger charge is 2.35. The number of benzene rings is 1. The second-order valence-corrected chi connectivity index (χ2v) is 7.11. The van der Waals surface area contributed by atoms with Crippen molar-refractivity contribution in [1.29, 1.82) is 0 Å². The summed E-state index contributed by atoms with van der Waals surface area (Å²) in [5.74, 6) is 0.509. The monoisotopic (exact) mass is 367 g/mol. The summed E-state index contributed by atoms with van der Waals surface area (Å²) >= 11 is 2.77. The van der Waals surface area contributed by atoms with Crippen molar-refractivity contribution in [3.63, 3.8) is 0 Å². The van der Waals surface area contributed by atoms with Gasteiger partial charge in [-0.25, -0.2) is 4.98 Å². The summed E-state index contributed by atoms with van der Waals surface area (Å²) in [7, 11) is 0. The highest BCUT2D eigenvalue weighted by molar-refractivity contribution is 8.19. The molecule has 0 radical (unpaired) electrons. The van der Waals surface area contributed by atoms with Crippen LogP contribution < -0.4 is 4.90 Å². The summed E-state index contributed by atoms with van der Waals surface area (Å²) in [4.78, 5) is 24.1. The number of para-hydroxylation sites is 1. The average Bonchev–Trinajstić information content (AvgIpc) is 3.32. The van der Waals surface area contributed by atoms with E-state index in [1.165, 1.54) is 23.1 Å². The van der Waals surface area contributed by atoms with Gasteiger partial charge in [-0.2, -0.15) is 4.99 Å². The standard InChI is InChI=1S/C18H13N3O2S2/c1-12-11-24-17(19-12)20-18-21(13-6-3-2-4-7-13)16(22)15(25-18)10-14-8-5-9-23-14/h2-11H,1H3/b15-10+,20-18+. The molecule has 124 valence electrons. The number of nitrogens with zero attached hydrogens (tertiary/aromatic N) is 3. The molecule has 0 atom stereocenters. The highest BCUT2D eigenvalue weighted by atomic mass is 32.2. The Balaban J connectivity index is 1.77. The molecule has 3 heterocycles. The number of amides is 1. The number of thioether (sulfide) groups is 1. The smallest absolute Gasteiger partial charge is 0.271 e. The van der Waals surface area contributed by atoms with Crippen LogP contribution in [0.2, 0.25) is 0 Å². The van der Waals surface area contributed by atoms with E-state index < -0.39 is 0 Å². The van der Waals surface area contributed by atoms with E-state index in [0.29, 0.717) is 21.0 Å². The summed E-state index contributed by atoms with van der Waals surface area (Å²) in [6, 6.07) is 13.1. The molecule has 0 saturated carbocycles. The topological polar surface area (TPSA) is 58.7 Å². The predicted molar refractivity (Wildman–Crippen MR) is 102 cm³/mol. The third-order valence-corrected chi connectivity index (χ3v) is 5.26. The number of thiazole rings is 1. The molecule has 0 spiro atoms. The molecule has 4 rings (SSSR count). The van der Waals surface area contributed by atoms with Crippen LogP contribution in [0.3, 0.4) is 0 Å². The minimum absolute atomic E-state index is 0.125. The fourth-order valence-electron chi connectivity index (χ4n) is 2.33. The first-order chi connectivity index (χ1) is 12.2. The molecule has 1 fully saturated rings. The number of rotatable bonds is 3. The van der Waals surface area contributed by atoms with Crippen molar-refractivity contribution in [2.75, 3.05) is 4.90 Å². The van der Waals surface area contributed by atoms with Crippen LogP contribution in [0.15, 0.2) is 68.4 Å². The van der Waals surface area contributed by atoms with Crippen molar-refractivity contribution in [1.82, 2.24) is 4.98 Å². The summed E-state index contributed by atoms with van der Waals surface area (Å²) in [6.45, 7) is 1.92. The van der Waals surface area contributed by atoms with E-state index in [0.717, 1.165) is 11.4 Å². The Kier molecular flexibility index (Phi) is 4.25. The molecule has 1 amide bonds. The van der Waals surface area contributed by atoms with Crippen molar-refractivity contribution < 1.29 is 9.21 Å². The molecule has 1 aliphatic rings. The number of aliphatic imine (C=N–C) groups is 1. The van der Waals surface area contributed by atoms with E-state index >= 15 is 0 Å². The van der Waals surface area contributed by atoms with E-state index in [4.69, 9.17) is 4.42 Å². The molecular formula is C18H13N3O2S2. The molecule has 0 N–H and O–H groups in total. The number of aromatic nitrogens is 1. The number of carbonyl (C=O) groups is 1. The van der Waals surface area contributed by atoms with E-state index in [1.807, 2.05) is 48.7 Å². The van der Waals surface area contributed by atoms with Crippen molar-refractivity contribution >= 4 is 51.1 Å². The third kappa shape index (κ3) is 3.29. The lowest BCUT2D eigenvalue weighted by molar-refractivity contribution is -0.113. The first kappa shape index (κ1) is 15.9. The quantitative estimate of drug-likeness (QED) is 0.621. The van der Waals surface area contributed by atoms with Gasteiger partial charge in [0.15, 0.2) is 5.17 Å². The van der Waals surface area contributed by atoms with E-state index in [2.05, 4.69) is 9.98 Å². The van der Waals surface area contributed by atoms with Gasteiger partial charge in [-0.1, -0.05) is 18.2 Å². The minimum Gasteiger partial charge on any atom is -0.465 e.